The van der Waals surface area contributed by atoms with E-state index in [2.05, 4.69) is 15.0 Å². The van der Waals surface area contributed by atoms with Gasteiger partial charge in [0.05, 0.1) is 4.90 Å². The summed E-state index contributed by atoms with van der Waals surface area (Å²) in [5.74, 6) is -1.22. The lowest BCUT2D eigenvalue weighted by Gasteiger charge is -2.20. The van der Waals surface area contributed by atoms with E-state index in [1.807, 2.05) is 32.0 Å². The third-order valence-electron chi connectivity index (χ3n) is 5.55. The summed E-state index contributed by atoms with van der Waals surface area (Å²) >= 11 is 0. The molecule has 3 aromatic carbocycles. The summed E-state index contributed by atoms with van der Waals surface area (Å²) in [6.07, 6.45) is -1.22. The highest BCUT2D eigenvalue weighted by molar-refractivity contribution is 7.90. The molecule has 0 aromatic heterocycles. The van der Waals surface area contributed by atoms with Crippen molar-refractivity contribution in [3.05, 3.63) is 95.1 Å². The average Bonchev–Trinajstić information content (AvgIpc) is 3.10. The number of carbonyl (C=O) groups is 2. The lowest BCUT2D eigenvalue weighted by Crippen LogP contribution is -2.31. The zero-order valence-corrected chi connectivity index (χ0v) is 20.3. The monoisotopic (exact) mass is 491 g/mol. The summed E-state index contributed by atoms with van der Waals surface area (Å²) in [6.45, 7) is 5.27. The Balaban J connectivity index is 1.58. The molecule has 4 rings (SSSR count). The molecule has 1 amide bonds. The van der Waals surface area contributed by atoms with E-state index in [9.17, 15) is 18.0 Å². The van der Waals surface area contributed by atoms with Crippen LogP contribution in [0, 0.1) is 13.8 Å². The van der Waals surface area contributed by atoms with E-state index in [1.165, 1.54) is 13.0 Å². The number of amides is 1. The van der Waals surface area contributed by atoms with Gasteiger partial charge < -0.3 is 10.1 Å². The zero-order chi connectivity index (χ0) is 25.2. The molecule has 0 saturated heterocycles. The first-order valence-electron chi connectivity index (χ1n) is 11.0. The van der Waals surface area contributed by atoms with Gasteiger partial charge in [-0.1, -0.05) is 54.6 Å². The van der Waals surface area contributed by atoms with Crippen LogP contribution in [0.2, 0.25) is 0 Å². The minimum absolute atomic E-state index is 0.0566. The highest BCUT2D eigenvalue weighted by Gasteiger charge is 2.32. The second-order valence-electron chi connectivity index (χ2n) is 8.29. The van der Waals surface area contributed by atoms with Crippen LogP contribution in [0.25, 0.3) is 0 Å². The number of nitrogens with zero attached hydrogens (tertiary/aromatic N) is 1. The Morgan fingerprint density at radius 3 is 2.40 bits per heavy atom. The van der Waals surface area contributed by atoms with Crippen LogP contribution in [0.15, 0.2) is 82.7 Å². The maximum absolute atomic E-state index is 13.2. The van der Waals surface area contributed by atoms with Gasteiger partial charge in [-0.2, -0.15) is 0 Å². The second kappa shape index (κ2) is 9.71. The van der Waals surface area contributed by atoms with E-state index in [1.54, 1.807) is 48.5 Å². The highest BCUT2D eigenvalue weighted by atomic mass is 32.2. The molecule has 1 aliphatic heterocycles. The van der Waals surface area contributed by atoms with Crippen LogP contribution >= 0.6 is 0 Å². The first-order valence-corrected chi connectivity index (χ1v) is 12.5. The van der Waals surface area contributed by atoms with Gasteiger partial charge in [-0.25, -0.2) is 13.2 Å². The molecule has 1 heterocycles. The van der Waals surface area contributed by atoms with Crippen LogP contribution in [0.4, 0.5) is 5.69 Å². The van der Waals surface area contributed by atoms with E-state index >= 15 is 0 Å². The van der Waals surface area contributed by atoms with Gasteiger partial charge in [0.2, 0.25) is 6.10 Å². The summed E-state index contributed by atoms with van der Waals surface area (Å²) in [5, 5.41) is 2.85. The average molecular weight is 492 g/mol. The summed E-state index contributed by atoms with van der Waals surface area (Å²) in [5.41, 5.74) is 3.34. The minimum atomic E-state index is -3.74. The van der Waals surface area contributed by atoms with Crippen molar-refractivity contribution in [3.63, 3.8) is 0 Å². The second-order valence-corrected chi connectivity index (χ2v) is 9.94. The molecule has 0 aliphatic carbocycles. The predicted octanol–water partition coefficient (Wildman–Crippen LogP) is 3.65. The summed E-state index contributed by atoms with van der Waals surface area (Å²) in [7, 11) is -3.74. The van der Waals surface area contributed by atoms with Crippen LogP contribution in [-0.2, 0) is 24.3 Å². The van der Waals surface area contributed by atoms with Crippen LogP contribution in [0.5, 0.6) is 0 Å². The number of nitrogens with one attached hydrogen (secondary N) is 2. The van der Waals surface area contributed by atoms with Gasteiger partial charge in [0, 0.05) is 16.8 Å². The van der Waals surface area contributed by atoms with Gasteiger partial charge in [0.1, 0.15) is 11.9 Å². The number of aliphatic imine (C=N–C) groups is 1. The quantitative estimate of drug-likeness (QED) is 0.511. The Bertz CT molecular complexity index is 1420. The largest absolute Gasteiger partial charge is 0.446 e. The number of hydrogen-bond donors (Lipinski definition) is 2. The van der Waals surface area contributed by atoms with Crippen LogP contribution in [-0.4, -0.2) is 32.2 Å². The normalized spacial score (nSPS) is 16.6. The van der Waals surface area contributed by atoms with Crippen molar-refractivity contribution < 1.29 is 22.7 Å². The van der Waals surface area contributed by atoms with Gasteiger partial charge in [-0.3, -0.25) is 14.5 Å². The molecule has 1 unspecified atom stereocenters. The topological polar surface area (TPSA) is 114 Å². The minimum Gasteiger partial charge on any atom is -0.446 e. The molecule has 0 spiro atoms. The molecule has 2 N–H and O–H groups in total. The van der Waals surface area contributed by atoms with Crippen molar-refractivity contribution in [2.24, 2.45) is 4.99 Å². The fourth-order valence-electron chi connectivity index (χ4n) is 3.66. The third-order valence-corrected chi connectivity index (χ3v) is 6.95. The number of amidine groups is 1. The maximum atomic E-state index is 13.2. The molecular formula is C26H25N3O5S. The number of esters is 1. The van der Waals surface area contributed by atoms with Crippen molar-refractivity contribution >= 4 is 33.4 Å². The first kappa shape index (κ1) is 24.2. The number of anilines is 1. The molecule has 1 aliphatic rings. The summed E-state index contributed by atoms with van der Waals surface area (Å²) in [6, 6.07) is 19.6. The fraction of sp³-hybridized carbons (Fsp3) is 0.192. The molecule has 0 radical (unpaired) electrons. The Morgan fingerprint density at radius 1 is 0.971 bits per heavy atom. The van der Waals surface area contributed by atoms with Gasteiger partial charge in [0.15, 0.2) is 0 Å². The van der Waals surface area contributed by atoms with E-state index in [4.69, 9.17) is 4.74 Å². The van der Waals surface area contributed by atoms with E-state index < -0.39 is 34.0 Å². The first-order chi connectivity index (χ1) is 16.7. The Kier molecular flexibility index (Phi) is 6.70. The Hall–Kier alpha value is -3.98. The number of benzene rings is 3. The van der Waals surface area contributed by atoms with Crippen LogP contribution in [0.1, 0.15) is 35.3 Å². The molecule has 9 heteroatoms. The number of ether oxygens (including phenoxy) is 1. The number of sulfonamides is 1. The molecule has 35 heavy (non-hydrogen) atoms. The molecular weight excluding hydrogens is 466 g/mol. The number of hydrogen-bond acceptors (Lipinski definition) is 6. The van der Waals surface area contributed by atoms with Gasteiger partial charge in [-0.15, -0.1) is 0 Å². The van der Waals surface area contributed by atoms with E-state index in [0.29, 0.717) is 16.8 Å². The number of fused-ring (bicyclic) bond motifs is 1. The molecule has 8 nitrogen and oxygen atoms in total. The predicted molar refractivity (Wildman–Crippen MR) is 133 cm³/mol. The van der Waals surface area contributed by atoms with Crippen LogP contribution in [0.3, 0.4) is 0 Å². The molecule has 3 aromatic rings. The van der Waals surface area contributed by atoms with E-state index in [0.717, 1.165) is 11.1 Å². The Labute approximate surface area is 204 Å². The molecule has 0 saturated carbocycles. The SMILES string of the molecule is Cc1ccc(C)c(NC(=O)C(OC(=O)[C@@H](C)N=C2NS(=O)(=O)c3ccccc32)c2ccccc2)c1. The lowest BCUT2D eigenvalue weighted by molar-refractivity contribution is -0.155. The maximum Gasteiger partial charge on any atom is 0.331 e. The molecule has 0 fully saturated rings. The van der Waals surface area contributed by atoms with Crippen molar-refractivity contribution in [2.45, 2.75) is 37.8 Å². The molecule has 0 bridgehead atoms. The highest BCUT2D eigenvalue weighted by Crippen LogP contribution is 2.25. The zero-order valence-electron chi connectivity index (χ0n) is 19.5. The smallest absolute Gasteiger partial charge is 0.331 e. The number of rotatable bonds is 6. The van der Waals surface area contributed by atoms with Crippen molar-refractivity contribution in [2.75, 3.05) is 5.32 Å². The third kappa shape index (κ3) is 5.25. The lowest BCUT2D eigenvalue weighted by atomic mass is 10.1. The van der Waals surface area contributed by atoms with Gasteiger partial charge >= 0.3 is 5.97 Å². The summed E-state index contributed by atoms with van der Waals surface area (Å²) in [4.78, 5) is 30.5. The van der Waals surface area contributed by atoms with Gasteiger partial charge in [0.25, 0.3) is 15.9 Å². The summed E-state index contributed by atoms with van der Waals surface area (Å²) < 4.78 is 32.6. The van der Waals surface area contributed by atoms with Crippen molar-refractivity contribution in [1.82, 2.24) is 4.72 Å². The van der Waals surface area contributed by atoms with Gasteiger partial charge in [-0.05, 0) is 50.1 Å². The Morgan fingerprint density at radius 2 is 1.66 bits per heavy atom. The number of carbonyl (C=O) groups excluding carboxylic acids is 2. The van der Waals surface area contributed by atoms with Crippen LogP contribution < -0.4 is 10.0 Å². The molecule has 180 valence electrons. The van der Waals surface area contributed by atoms with Crippen molar-refractivity contribution in [3.8, 4) is 0 Å². The molecule has 2 atom stereocenters. The number of aryl methyl sites for hydroxylation is 2. The fourth-order valence-corrected chi connectivity index (χ4v) is 4.90. The standard InChI is InChI=1S/C26H25N3O5S/c1-16-13-14-17(2)21(15-16)28-25(30)23(19-9-5-4-6-10-19)34-26(31)18(3)27-24-20-11-7-8-12-22(20)35(32,33)29-24/h4-15,18,23H,1-3H3,(H,27,29)(H,28,30)/t18-,23?/m1/s1. The van der Waals surface area contributed by atoms with Crippen molar-refractivity contribution in [1.29, 1.82) is 0 Å². The van der Waals surface area contributed by atoms with E-state index in [-0.39, 0.29) is 10.7 Å².